The van der Waals surface area contributed by atoms with E-state index in [4.69, 9.17) is 4.74 Å². The minimum absolute atomic E-state index is 0.0223. The number of hydrogen-bond donors (Lipinski definition) is 0. The van der Waals surface area contributed by atoms with E-state index in [1.165, 1.54) is 0 Å². The van der Waals surface area contributed by atoms with Crippen LogP contribution in [0.5, 0.6) is 0 Å². The lowest BCUT2D eigenvalue weighted by Crippen LogP contribution is -2.51. The highest BCUT2D eigenvalue weighted by Crippen LogP contribution is 2.20. The highest BCUT2D eigenvalue weighted by molar-refractivity contribution is 5.95. The number of rotatable bonds is 5. The van der Waals surface area contributed by atoms with Crippen molar-refractivity contribution in [3.63, 3.8) is 0 Å². The van der Waals surface area contributed by atoms with Crippen LogP contribution in [0.15, 0.2) is 36.5 Å². The van der Waals surface area contributed by atoms with Crippen molar-refractivity contribution >= 4 is 11.8 Å². The molecule has 0 bridgehead atoms. The molecule has 1 aromatic heterocycles. The van der Waals surface area contributed by atoms with Crippen molar-refractivity contribution in [3.8, 4) is 0 Å². The summed E-state index contributed by atoms with van der Waals surface area (Å²) in [5.74, 6) is 0.0153. The first kappa shape index (κ1) is 18.7. The predicted octanol–water partition coefficient (Wildman–Crippen LogP) is 1.72. The Hall–Kier alpha value is -2.67. The summed E-state index contributed by atoms with van der Waals surface area (Å²) in [5.41, 5.74) is 2.84. The monoisotopic (exact) mass is 382 g/mol. The molecule has 2 aromatic rings. The number of fused-ring (bicyclic) bond motifs is 1. The molecule has 0 N–H and O–H groups in total. The van der Waals surface area contributed by atoms with Crippen molar-refractivity contribution in [2.45, 2.75) is 32.4 Å². The number of amides is 2. The molecule has 148 valence electrons. The lowest BCUT2D eigenvalue weighted by molar-refractivity contribution is -0.138. The third-order valence-electron chi connectivity index (χ3n) is 5.47. The fourth-order valence-electron chi connectivity index (χ4n) is 3.85. The number of aryl methyl sites for hydroxylation is 1. The highest BCUT2D eigenvalue weighted by atomic mass is 16.5. The number of ether oxygens (including phenoxy) is 1. The zero-order valence-corrected chi connectivity index (χ0v) is 16.0. The van der Waals surface area contributed by atoms with Crippen LogP contribution in [0.2, 0.25) is 0 Å². The topological polar surface area (TPSA) is 67.7 Å². The maximum atomic E-state index is 12.9. The van der Waals surface area contributed by atoms with E-state index in [2.05, 4.69) is 5.10 Å². The molecule has 4 rings (SSSR count). The number of benzene rings is 1. The van der Waals surface area contributed by atoms with E-state index < -0.39 is 0 Å². The number of nitrogens with zero attached hydrogens (tertiary/aromatic N) is 4. The Bertz CT molecular complexity index is 825. The van der Waals surface area contributed by atoms with E-state index in [1.807, 2.05) is 39.9 Å². The van der Waals surface area contributed by atoms with Gasteiger partial charge in [-0.15, -0.1) is 0 Å². The molecule has 0 spiro atoms. The summed E-state index contributed by atoms with van der Waals surface area (Å²) in [6, 6.07) is 9.81. The summed E-state index contributed by atoms with van der Waals surface area (Å²) in [6.07, 6.45) is 4.85. The van der Waals surface area contributed by atoms with Crippen LogP contribution < -0.4 is 0 Å². The normalized spacial score (nSPS) is 16.7. The molecule has 0 saturated carbocycles. The zero-order valence-electron chi connectivity index (χ0n) is 16.0. The van der Waals surface area contributed by atoms with Gasteiger partial charge in [0.2, 0.25) is 5.91 Å². The second-order valence-electron chi connectivity index (χ2n) is 7.34. The Kier molecular flexibility index (Phi) is 5.71. The molecule has 0 unspecified atom stereocenters. The maximum Gasteiger partial charge on any atom is 0.257 e. The summed E-state index contributed by atoms with van der Waals surface area (Å²) in [6.45, 7) is 3.58. The maximum absolute atomic E-state index is 12.9. The van der Waals surface area contributed by atoms with Gasteiger partial charge >= 0.3 is 0 Å². The molecule has 7 nitrogen and oxygen atoms in total. The van der Waals surface area contributed by atoms with Crippen LogP contribution in [0.25, 0.3) is 0 Å². The van der Waals surface area contributed by atoms with Gasteiger partial charge in [0.15, 0.2) is 0 Å². The van der Waals surface area contributed by atoms with Gasteiger partial charge in [-0.25, -0.2) is 0 Å². The molecular weight excluding hydrogens is 356 g/mol. The van der Waals surface area contributed by atoms with Gasteiger partial charge in [0.1, 0.15) is 6.61 Å². The lowest BCUT2D eigenvalue weighted by Gasteiger charge is -2.34. The van der Waals surface area contributed by atoms with Crippen molar-refractivity contribution < 1.29 is 14.3 Å². The van der Waals surface area contributed by atoms with Crippen molar-refractivity contribution in [2.75, 3.05) is 32.8 Å². The van der Waals surface area contributed by atoms with Gasteiger partial charge in [0.25, 0.3) is 5.91 Å². The Morgan fingerprint density at radius 3 is 2.50 bits per heavy atom. The van der Waals surface area contributed by atoms with Crippen molar-refractivity contribution in [1.29, 1.82) is 0 Å². The van der Waals surface area contributed by atoms with Crippen LogP contribution >= 0.6 is 0 Å². The average molecular weight is 382 g/mol. The fraction of sp³-hybridized carbons (Fsp3) is 0.476. The summed E-state index contributed by atoms with van der Waals surface area (Å²) < 4.78 is 7.51. The van der Waals surface area contributed by atoms with Crippen LogP contribution in [0.1, 0.15) is 34.5 Å². The minimum Gasteiger partial charge on any atom is -0.367 e. The van der Waals surface area contributed by atoms with Crippen LogP contribution in [0.4, 0.5) is 0 Å². The van der Waals surface area contributed by atoms with Crippen LogP contribution in [0.3, 0.4) is 0 Å². The molecular formula is C21H26N4O3. The quantitative estimate of drug-likeness (QED) is 0.790. The molecule has 2 aliphatic heterocycles. The van der Waals surface area contributed by atoms with E-state index in [0.717, 1.165) is 42.6 Å². The van der Waals surface area contributed by atoms with Gasteiger partial charge in [0, 0.05) is 32.7 Å². The van der Waals surface area contributed by atoms with Gasteiger partial charge < -0.3 is 14.5 Å². The SMILES string of the molecule is O=C(COCc1ccccc1)N1CCN(C(=O)c2cnn3c2CCCC3)CC1. The average Bonchev–Trinajstić information content (AvgIpc) is 3.18. The van der Waals surface area contributed by atoms with Gasteiger partial charge in [-0.05, 0) is 24.8 Å². The Balaban J connectivity index is 1.25. The Morgan fingerprint density at radius 2 is 1.71 bits per heavy atom. The summed E-state index contributed by atoms with van der Waals surface area (Å²) >= 11 is 0. The molecule has 28 heavy (non-hydrogen) atoms. The first-order valence-corrected chi connectivity index (χ1v) is 9.96. The third-order valence-corrected chi connectivity index (χ3v) is 5.47. The molecule has 2 aliphatic rings. The number of piperazine rings is 1. The van der Waals surface area contributed by atoms with E-state index in [9.17, 15) is 9.59 Å². The third kappa shape index (κ3) is 4.09. The Labute approximate surface area is 164 Å². The smallest absolute Gasteiger partial charge is 0.257 e. The van der Waals surface area contributed by atoms with E-state index in [-0.39, 0.29) is 18.4 Å². The van der Waals surface area contributed by atoms with Gasteiger partial charge in [-0.2, -0.15) is 5.10 Å². The molecule has 0 radical (unpaired) electrons. The van der Waals surface area contributed by atoms with E-state index in [1.54, 1.807) is 11.1 Å². The largest absolute Gasteiger partial charge is 0.367 e. The molecule has 3 heterocycles. The van der Waals surface area contributed by atoms with E-state index >= 15 is 0 Å². The molecule has 1 fully saturated rings. The molecule has 1 aromatic carbocycles. The number of aromatic nitrogens is 2. The van der Waals surface area contributed by atoms with E-state index in [0.29, 0.717) is 32.8 Å². The van der Waals surface area contributed by atoms with Gasteiger partial charge in [0.05, 0.1) is 24.1 Å². The summed E-state index contributed by atoms with van der Waals surface area (Å²) in [7, 11) is 0. The van der Waals surface area contributed by atoms with Gasteiger partial charge in [-0.1, -0.05) is 30.3 Å². The summed E-state index contributed by atoms with van der Waals surface area (Å²) in [4.78, 5) is 28.9. The predicted molar refractivity (Wildman–Crippen MR) is 104 cm³/mol. The highest BCUT2D eigenvalue weighted by Gasteiger charge is 2.28. The summed E-state index contributed by atoms with van der Waals surface area (Å²) in [5, 5.41) is 4.36. The molecule has 7 heteroatoms. The Morgan fingerprint density at radius 1 is 0.964 bits per heavy atom. The zero-order chi connectivity index (χ0) is 19.3. The first-order chi connectivity index (χ1) is 13.7. The number of carbonyl (C=O) groups excluding carboxylic acids is 2. The molecule has 2 amide bonds. The lowest BCUT2D eigenvalue weighted by atomic mass is 10.1. The van der Waals surface area contributed by atoms with Crippen molar-refractivity contribution in [3.05, 3.63) is 53.3 Å². The van der Waals surface area contributed by atoms with Crippen LogP contribution in [-0.4, -0.2) is 64.2 Å². The first-order valence-electron chi connectivity index (χ1n) is 9.96. The van der Waals surface area contributed by atoms with Crippen LogP contribution in [-0.2, 0) is 29.1 Å². The van der Waals surface area contributed by atoms with Crippen molar-refractivity contribution in [2.24, 2.45) is 0 Å². The molecule has 0 atom stereocenters. The second kappa shape index (κ2) is 8.56. The van der Waals surface area contributed by atoms with Crippen LogP contribution in [0, 0.1) is 0 Å². The van der Waals surface area contributed by atoms with Crippen molar-refractivity contribution in [1.82, 2.24) is 19.6 Å². The fourth-order valence-corrected chi connectivity index (χ4v) is 3.85. The molecule has 1 saturated heterocycles. The minimum atomic E-state index is -0.0223. The molecule has 0 aliphatic carbocycles. The number of hydrogen-bond acceptors (Lipinski definition) is 4. The second-order valence-corrected chi connectivity index (χ2v) is 7.34. The number of carbonyl (C=O) groups is 2. The standard InChI is InChI=1S/C21H26N4O3/c26-20(16-28-15-17-6-2-1-3-7-17)23-10-12-24(13-11-23)21(27)18-14-22-25-9-5-4-8-19(18)25/h1-3,6-7,14H,4-5,8-13,15-16H2. The van der Waals surface area contributed by atoms with Gasteiger partial charge in [-0.3, -0.25) is 14.3 Å².